The Labute approximate surface area is 208 Å². The maximum atomic E-state index is 13.6. The highest BCUT2D eigenvalue weighted by molar-refractivity contribution is 7.07. The Balaban J connectivity index is 1.98. The molecule has 1 aliphatic rings. The van der Waals surface area contributed by atoms with Crippen molar-refractivity contribution in [2.45, 2.75) is 26.8 Å². The molecule has 9 nitrogen and oxygen atoms in total. The Morgan fingerprint density at radius 1 is 1.31 bits per heavy atom. The number of ether oxygens (including phenoxy) is 1. The molecular weight excluding hydrogens is 494 g/mol. The number of allylic oxidation sites excluding steroid dienone is 1. The molecule has 35 heavy (non-hydrogen) atoms. The van der Waals surface area contributed by atoms with Gasteiger partial charge < -0.3 is 9.84 Å². The molecule has 2 heterocycles. The molecule has 0 amide bonds. The second kappa shape index (κ2) is 9.47. The topological polar surface area (TPSA) is 124 Å². The zero-order valence-corrected chi connectivity index (χ0v) is 20.5. The van der Waals surface area contributed by atoms with Crippen molar-refractivity contribution < 1.29 is 19.6 Å². The predicted octanol–water partition coefficient (Wildman–Crippen LogP) is 3.37. The van der Waals surface area contributed by atoms with Crippen LogP contribution in [0.1, 0.15) is 36.6 Å². The summed E-state index contributed by atoms with van der Waals surface area (Å²) in [6.45, 7) is 5.46. The van der Waals surface area contributed by atoms with Gasteiger partial charge in [-0.2, -0.15) is 0 Å². The first-order chi connectivity index (χ1) is 16.6. The highest BCUT2D eigenvalue weighted by atomic mass is 35.5. The molecule has 11 heteroatoms. The van der Waals surface area contributed by atoms with Gasteiger partial charge in [-0.25, -0.2) is 9.79 Å². The maximum Gasteiger partial charge on any atom is 0.338 e. The molecule has 1 aromatic heterocycles. The largest absolute Gasteiger partial charge is 0.502 e. The van der Waals surface area contributed by atoms with Crippen molar-refractivity contribution in [3.8, 4) is 5.75 Å². The van der Waals surface area contributed by atoms with E-state index in [2.05, 4.69) is 4.99 Å². The lowest BCUT2D eigenvalue weighted by Crippen LogP contribution is -2.39. The van der Waals surface area contributed by atoms with Crippen LogP contribution in [0.4, 0.5) is 5.69 Å². The number of aryl methyl sites for hydroxylation is 1. The number of hydrogen-bond donors (Lipinski definition) is 1. The molecule has 1 N–H and O–H groups in total. The summed E-state index contributed by atoms with van der Waals surface area (Å²) in [6.07, 6.45) is 1.33. The summed E-state index contributed by atoms with van der Waals surface area (Å²) in [5.41, 5.74) is 1.34. The second-order valence-corrected chi connectivity index (χ2v) is 9.28. The van der Waals surface area contributed by atoms with E-state index in [9.17, 15) is 24.8 Å². The number of hydrogen-bond acceptors (Lipinski definition) is 8. The van der Waals surface area contributed by atoms with Gasteiger partial charge in [-0.05, 0) is 38.5 Å². The third kappa shape index (κ3) is 4.50. The summed E-state index contributed by atoms with van der Waals surface area (Å²) < 4.78 is 6.82. The number of halogens is 1. The van der Waals surface area contributed by atoms with E-state index >= 15 is 0 Å². The Morgan fingerprint density at radius 2 is 2.00 bits per heavy atom. The fourth-order valence-electron chi connectivity index (χ4n) is 3.85. The van der Waals surface area contributed by atoms with Gasteiger partial charge in [-0.15, -0.1) is 0 Å². The number of benzene rings is 2. The van der Waals surface area contributed by atoms with Crippen LogP contribution in [0.15, 0.2) is 57.5 Å². The Kier molecular flexibility index (Phi) is 6.60. The summed E-state index contributed by atoms with van der Waals surface area (Å²) in [5.74, 6) is -1.18. The number of carbonyl (C=O) groups is 1. The lowest BCUT2D eigenvalue weighted by molar-refractivity contribution is -0.385. The molecule has 0 saturated carbocycles. The maximum absolute atomic E-state index is 13.6. The van der Waals surface area contributed by atoms with E-state index in [1.165, 1.54) is 16.7 Å². The molecule has 3 aromatic rings. The summed E-state index contributed by atoms with van der Waals surface area (Å²) in [5, 5.41) is 21.7. The quantitative estimate of drug-likeness (QED) is 0.317. The van der Waals surface area contributed by atoms with Crippen molar-refractivity contribution in [3.05, 3.63) is 99.2 Å². The fourth-order valence-corrected chi connectivity index (χ4v) is 5.11. The van der Waals surface area contributed by atoms with E-state index in [4.69, 9.17) is 16.3 Å². The first kappa shape index (κ1) is 24.4. The third-order valence-corrected chi connectivity index (χ3v) is 6.68. The van der Waals surface area contributed by atoms with Gasteiger partial charge in [0.15, 0.2) is 4.80 Å². The third-order valence-electron chi connectivity index (χ3n) is 5.48. The molecule has 0 spiro atoms. The molecule has 0 aliphatic carbocycles. The lowest BCUT2D eigenvalue weighted by atomic mass is 9.95. The Hall–Kier alpha value is -3.76. The van der Waals surface area contributed by atoms with Crippen molar-refractivity contribution in [3.63, 3.8) is 0 Å². The first-order valence-corrected chi connectivity index (χ1v) is 11.7. The van der Waals surface area contributed by atoms with Gasteiger partial charge in [0.2, 0.25) is 5.75 Å². The number of carbonyl (C=O) groups excluding carboxylic acids is 1. The van der Waals surface area contributed by atoms with Gasteiger partial charge in [0.05, 0.1) is 33.4 Å². The standard InChI is InChI=1S/C24H20ClN3O6S/c1-4-34-23(31)19-13(3)26-24-27(20(19)14-7-5-12(2)6-8-14)22(30)18(35-24)10-15-9-16(25)11-17(21(15)29)28(32)33/h5-11,20,29H,4H2,1-3H3/b18-10+/t20-/m0/s1. The van der Waals surface area contributed by atoms with E-state index in [0.29, 0.717) is 16.1 Å². The molecule has 0 unspecified atom stereocenters. The molecule has 180 valence electrons. The van der Waals surface area contributed by atoms with Crippen LogP contribution in [-0.4, -0.2) is 27.2 Å². The number of nitro groups is 1. The van der Waals surface area contributed by atoms with Gasteiger partial charge in [-0.1, -0.05) is 52.8 Å². The minimum atomic E-state index is -0.782. The number of nitro benzene ring substituents is 1. The molecule has 1 atom stereocenters. The average molecular weight is 514 g/mol. The second-order valence-electron chi connectivity index (χ2n) is 7.83. The number of rotatable bonds is 5. The fraction of sp³-hybridized carbons (Fsp3) is 0.208. The van der Waals surface area contributed by atoms with Crippen LogP contribution in [0, 0.1) is 17.0 Å². The zero-order valence-electron chi connectivity index (χ0n) is 18.9. The minimum absolute atomic E-state index is 0.0164. The van der Waals surface area contributed by atoms with Crippen molar-refractivity contribution in [1.29, 1.82) is 0 Å². The van der Waals surface area contributed by atoms with Crippen LogP contribution < -0.4 is 14.9 Å². The summed E-state index contributed by atoms with van der Waals surface area (Å²) in [4.78, 5) is 41.8. The average Bonchev–Trinajstić information content (AvgIpc) is 3.10. The number of nitrogens with zero attached hydrogens (tertiary/aromatic N) is 3. The SMILES string of the molecule is CCOC(=O)C1=C(C)N=c2s/c(=C/c3cc(Cl)cc([N+](=O)[O-])c3O)c(=O)n2[C@H]1c1ccc(C)cc1. The first-order valence-electron chi connectivity index (χ1n) is 10.6. The van der Waals surface area contributed by atoms with Crippen molar-refractivity contribution in [1.82, 2.24) is 4.57 Å². The number of aromatic nitrogens is 1. The number of phenolic OH excluding ortho intramolecular Hbond substituents is 1. The summed E-state index contributed by atoms with van der Waals surface area (Å²) in [7, 11) is 0. The summed E-state index contributed by atoms with van der Waals surface area (Å²) in [6, 6.07) is 9.01. The molecule has 0 fully saturated rings. The normalized spacial score (nSPS) is 15.5. The van der Waals surface area contributed by atoms with Gasteiger partial charge in [0.1, 0.15) is 0 Å². The Morgan fingerprint density at radius 3 is 2.63 bits per heavy atom. The highest BCUT2D eigenvalue weighted by Gasteiger charge is 2.33. The number of esters is 1. The van der Waals surface area contributed by atoms with E-state index in [-0.39, 0.29) is 27.3 Å². The van der Waals surface area contributed by atoms with Crippen LogP contribution in [0.25, 0.3) is 6.08 Å². The van der Waals surface area contributed by atoms with Crippen LogP contribution in [0.5, 0.6) is 5.75 Å². The van der Waals surface area contributed by atoms with E-state index in [1.54, 1.807) is 13.8 Å². The van der Waals surface area contributed by atoms with Gasteiger partial charge in [-0.3, -0.25) is 19.5 Å². The smallest absolute Gasteiger partial charge is 0.338 e. The predicted molar refractivity (Wildman–Crippen MR) is 131 cm³/mol. The Bertz CT molecular complexity index is 1570. The van der Waals surface area contributed by atoms with Crippen LogP contribution in [0.3, 0.4) is 0 Å². The van der Waals surface area contributed by atoms with Gasteiger partial charge in [0, 0.05) is 16.7 Å². The number of phenols is 1. The van der Waals surface area contributed by atoms with E-state index in [0.717, 1.165) is 23.0 Å². The van der Waals surface area contributed by atoms with Crippen LogP contribution in [0.2, 0.25) is 5.02 Å². The molecule has 0 radical (unpaired) electrons. The number of fused-ring (bicyclic) bond motifs is 1. The van der Waals surface area contributed by atoms with Crippen molar-refractivity contribution in [2.75, 3.05) is 6.61 Å². The minimum Gasteiger partial charge on any atom is -0.502 e. The zero-order chi connectivity index (χ0) is 25.4. The van der Waals surface area contributed by atoms with Crippen molar-refractivity contribution >= 4 is 40.7 Å². The molecular formula is C24H20ClN3O6S. The van der Waals surface area contributed by atoms with E-state index < -0.39 is 33.9 Å². The van der Waals surface area contributed by atoms with Gasteiger partial charge in [0.25, 0.3) is 5.56 Å². The van der Waals surface area contributed by atoms with Crippen molar-refractivity contribution in [2.24, 2.45) is 4.99 Å². The molecule has 0 bridgehead atoms. The van der Waals surface area contributed by atoms with Gasteiger partial charge >= 0.3 is 11.7 Å². The van der Waals surface area contributed by atoms with Crippen LogP contribution >= 0.6 is 22.9 Å². The highest BCUT2D eigenvalue weighted by Crippen LogP contribution is 2.34. The molecule has 2 aromatic carbocycles. The molecule has 0 saturated heterocycles. The monoisotopic (exact) mass is 513 g/mol. The number of thiazole rings is 1. The number of aromatic hydroxyl groups is 1. The summed E-state index contributed by atoms with van der Waals surface area (Å²) >= 11 is 7.04. The lowest BCUT2D eigenvalue weighted by Gasteiger charge is -2.24. The molecule has 4 rings (SSSR count). The van der Waals surface area contributed by atoms with E-state index in [1.807, 2.05) is 31.2 Å². The molecule has 1 aliphatic heterocycles. The van der Waals surface area contributed by atoms with Crippen LogP contribution in [-0.2, 0) is 9.53 Å².